The number of hydrogen-bond acceptors (Lipinski definition) is 5. The predicted octanol–water partition coefficient (Wildman–Crippen LogP) is 1.95. The fourth-order valence-electron chi connectivity index (χ4n) is 3.73. The van der Waals surface area contributed by atoms with Gasteiger partial charge in [0.15, 0.2) is 0 Å². The molecule has 2 aliphatic rings. The maximum atomic E-state index is 12.5. The average molecular weight is 363 g/mol. The summed E-state index contributed by atoms with van der Waals surface area (Å²) in [6.07, 6.45) is 6.72. The highest BCUT2D eigenvalue weighted by molar-refractivity contribution is 5.79. The number of urea groups is 1. The van der Waals surface area contributed by atoms with Gasteiger partial charge in [-0.2, -0.15) is 0 Å². The lowest BCUT2D eigenvalue weighted by Gasteiger charge is -2.34. The molecular formula is C18H29N5O3. The average Bonchev–Trinajstić information content (AvgIpc) is 3.33. The number of hydrogen-bond donors (Lipinski definition) is 1. The molecule has 2 heterocycles. The van der Waals surface area contributed by atoms with E-state index in [1.165, 1.54) is 12.8 Å². The van der Waals surface area contributed by atoms with Crippen LogP contribution in [0.2, 0.25) is 0 Å². The van der Waals surface area contributed by atoms with E-state index in [1.54, 1.807) is 11.9 Å². The number of nitrogens with one attached hydrogen (secondary N) is 1. The van der Waals surface area contributed by atoms with Gasteiger partial charge in [0, 0.05) is 38.5 Å². The highest BCUT2D eigenvalue weighted by Crippen LogP contribution is 2.27. The van der Waals surface area contributed by atoms with Crippen molar-refractivity contribution in [3.8, 4) is 0 Å². The summed E-state index contributed by atoms with van der Waals surface area (Å²) in [7, 11) is 1.71. The summed E-state index contributed by atoms with van der Waals surface area (Å²) < 4.78 is 5.44. The minimum absolute atomic E-state index is 0.103. The van der Waals surface area contributed by atoms with Crippen LogP contribution in [0, 0.1) is 5.92 Å². The van der Waals surface area contributed by atoms with Gasteiger partial charge in [-0.05, 0) is 25.7 Å². The quantitative estimate of drug-likeness (QED) is 0.863. The molecule has 26 heavy (non-hydrogen) atoms. The molecule has 8 heteroatoms. The topological polar surface area (TPSA) is 91.6 Å². The molecule has 0 aromatic carbocycles. The third-order valence-corrected chi connectivity index (χ3v) is 5.37. The number of aryl methyl sites for hydroxylation is 1. The van der Waals surface area contributed by atoms with Crippen molar-refractivity contribution in [3.63, 3.8) is 0 Å². The Labute approximate surface area is 154 Å². The zero-order valence-corrected chi connectivity index (χ0v) is 15.7. The van der Waals surface area contributed by atoms with Crippen LogP contribution in [-0.4, -0.2) is 58.1 Å². The number of carbonyl (C=O) groups is 2. The third kappa shape index (κ3) is 4.53. The van der Waals surface area contributed by atoms with Crippen LogP contribution in [0.4, 0.5) is 4.79 Å². The lowest BCUT2D eigenvalue weighted by Crippen LogP contribution is -2.50. The van der Waals surface area contributed by atoms with Gasteiger partial charge in [-0.25, -0.2) is 4.79 Å². The minimum atomic E-state index is -0.151. The first kappa shape index (κ1) is 18.7. The van der Waals surface area contributed by atoms with E-state index >= 15 is 0 Å². The third-order valence-electron chi connectivity index (χ3n) is 5.37. The lowest BCUT2D eigenvalue weighted by molar-refractivity contribution is -0.136. The Kier molecular flexibility index (Phi) is 6.11. The van der Waals surface area contributed by atoms with Gasteiger partial charge in [0.25, 0.3) is 0 Å². The molecule has 0 radical (unpaired) electrons. The summed E-state index contributed by atoms with van der Waals surface area (Å²) in [6.45, 7) is 3.69. The Hall–Kier alpha value is -2.12. The van der Waals surface area contributed by atoms with E-state index in [9.17, 15) is 9.59 Å². The van der Waals surface area contributed by atoms with Crippen LogP contribution in [0.5, 0.6) is 0 Å². The normalized spacial score (nSPS) is 18.9. The van der Waals surface area contributed by atoms with E-state index < -0.39 is 0 Å². The van der Waals surface area contributed by atoms with Gasteiger partial charge in [0.2, 0.25) is 17.7 Å². The van der Waals surface area contributed by atoms with E-state index in [4.69, 9.17) is 4.42 Å². The molecule has 1 saturated carbocycles. The number of aromatic nitrogens is 2. The molecule has 1 saturated heterocycles. The summed E-state index contributed by atoms with van der Waals surface area (Å²) in [5.74, 6) is 1.56. The summed E-state index contributed by atoms with van der Waals surface area (Å²) >= 11 is 0. The van der Waals surface area contributed by atoms with Gasteiger partial charge >= 0.3 is 6.03 Å². The molecule has 1 aromatic rings. The molecule has 1 N–H and O–H groups in total. The Bertz CT molecular complexity index is 618. The maximum Gasteiger partial charge on any atom is 0.317 e. The zero-order valence-electron chi connectivity index (χ0n) is 15.7. The Morgan fingerprint density at radius 3 is 2.42 bits per heavy atom. The summed E-state index contributed by atoms with van der Waals surface area (Å²) in [4.78, 5) is 28.4. The fraction of sp³-hybridized carbons (Fsp3) is 0.778. The van der Waals surface area contributed by atoms with Gasteiger partial charge in [0.1, 0.15) is 6.54 Å². The first-order valence-corrected chi connectivity index (χ1v) is 9.68. The molecule has 0 bridgehead atoms. The van der Waals surface area contributed by atoms with E-state index in [0.29, 0.717) is 24.1 Å². The number of rotatable bonds is 5. The van der Waals surface area contributed by atoms with Crippen molar-refractivity contribution >= 4 is 11.9 Å². The maximum absolute atomic E-state index is 12.5. The molecule has 8 nitrogen and oxygen atoms in total. The second-order valence-corrected chi connectivity index (χ2v) is 7.33. The van der Waals surface area contributed by atoms with E-state index in [-0.39, 0.29) is 24.5 Å². The van der Waals surface area contributed by atoms with E-state index in [2.05, 4.69) is 15.5 Å². The smallest absolute Gasteiger partial charge is 0.317 e. The number of carbonyl (C=O) groups excluding carboxylic acids is 2. The first-order chi connectivity index (χ1) is 12.6. The molecule has 144 valence electrons. The number of nitrogens with zero attached hydrogens (tertiary/aromatic N) is 4. The molecule has 1 aliphatic heterocycles. The second kappa shape index (κ2) is 8.51. The molecule has 3 rings (SSSR count). The van der Waals surface area contributed by atoms with E-state index in [1.807, 2.05) is 11.8 Å². The molecule has 1 aliphatic carbocycles. The predicted molar refractivity (Wildman–Crippen MR) is 95.2 cm³/mol. The SMILES string of the molecule is CCc1nnc(CN(C)C(=O)NC2CCN(C(=O)C3CCCC3)CC2)o1. The highest BCUT2D eigenvalue weighted by atomic mass is 16.4. The fourth-order valence-corrected chi connectivity index (χ4v) is 3.73. The van der Waals surface area contributed by atoms with Crippen molar-refractivity contribution in [2.75, 3.05) is 20.1 Å². The van der Waals surface area contributed by atoms with Crippen LogP contribution >= 0.6 is 0 Å². The summed E-state index contributed by atoms with van der Waals surface area (Å²) in [5.41, 5.74) is 0. The first-order valence-electron chi connectivity index (χ1n) is 9.68. The van der Waals surface area contributed by atoms with Crippen molar-refractivity contribution < 1.29 is 14.0 Å². The number of likely N-dealkylation sites (tertiary alicyclic amines) is 1. The van der Waals surface area contributed by atoms with Crippen molar-refractivity contribution in [1.82, 2.24) is 25.3 Å². The number of piperidine rings is 1. The molecular weight excluding hydrogens is 334 g/mol. The van der Waals surface area contributed by atoms with Crippen LogP contribution in [-0.2, 0) is 17.8 Å². The largest absolute Gasteiger partial charge is 0.423 e. The van der Waals surface area contributed by atoms with Crippen LogP contribution < -0.4 is 5.32 Å². The van der Waals surface area contributed by atoms with Crippen molar-refractivity contribution in [2.24, 2.45) is 5.92 Å². The Balaban J connectivity index is 1.41. The highest BCUT2D eigenvalue weighted by Gasteiger charge is 2.30. The lowest BCUT2D eigenvalue weighted by atomic mass is 10.0. The van der Waals surface area contributed by atoms with E-state index in [0.717, 1.165) is 38.8 Å². The van der Waals surface area contributed by atoms with Crippen molar-refractivity contribution in [3.05, 3.63) is 11.8 Å². The molecule has 0 unspecified atom stereocenters. The van der Waals surface area contributed by atoms with Gasteiger partial charge in [-0.1, -0.05) is 19.8 Å². The molecule has 0 spiro atoms. The summed E-state index contributed by atoms with van der Waals surface area (Å²) in [6, 6.07) is -0.0479. The zero-order chi connectivity index (χ0) is 18.5. The standard InChI is InChI=1S/C18H29N5O3/c1-3-15-20-21-16(26-15)12-22(2)18(25)19-14-8-10-23(11-9-14)17(24)13-6-4-5-7-13/h13-14H,3-12H2,1-2H3,(H,19,25). The van der Waals surface area contributed by atoms with Gasteiger partial charge in [-0.3, -0.25) is 4.79 Å². The molecule has 2 fully saturated rings. The van der Waals surface area contributed by atoms with Crippen molar-refractivity contribution in [1.29, 1.82) is 0 Å². The van der Waals surface area contributed by atoms with Crippen molar-refractivity contribution in [2.45, 2.75) is 64.5 Å². The van der Waals surface area contributed by atoms with Crippen LogP contribution in [0.25, 0.3) is 0 Å². The molecule has 3 amide bonds. The second-order valence-electron chi connectivity index (χ2n) is 7.33. The van der Waals surface area contributed by atoms with Gasteiger partial charge in [0.05, 0.1) is 0 Å². The number of amides is 3. The van der Waals surface area contributed by atoms with Crippen LogP contribution in [0.1, 0.15) is 57.2 Å². The minimum Gasteiger partial charge on any atom is -0.423 e. The molecule has 1 aromatic heterocycles. The monoisotopic (exact) mass is 363 g/mol. The van der Waals surface area contributed by atoms with Gasteiger partial charge < -0.3 is 19.5 Å². The summed E-state index contributed by atoms with van der Waals surface area (Å²) in [5, 5.41) is 10.9. The Morgan fingerprint density at radius 1 is 1.15 bits per heavy atom. The van der Waals surface area contributed by atoms with Gasteiger partial charge in [-0.15, -0.1) is 10.2 Å². The molecule has 0 atom stereocenters. The Morgan fingerprint density at radius 2 is 1.81 bits per heavy atom. The van der Waals surface area contributed by atoms with Crippen LogP contribution in [0.15, 0.2) is 4.42 Å². The van der Waals surface area contributed by atoms with Crippen LogP contribution in [0.3, 0.4) is 0 Å².